The number of hydrogen-bond acceptors (Lipinski definition) is 4. The molecule has 0 unspecified atom stereocenters. The summed E-state index contributed by atoms with van der Waals surface area (Å²) in [5, 5.41) is 15.5. The van der Waals surface area contributed by atoms with E-state index in [9.17, 15) is 9.90 Å². The normalized spacial score (nSPS) is 11.0. The van der Waals surface area contributed by atoms with Crippen LogP contribution in [0, 0.1) is 6.92 Å². The zero-order valence-corrected chi connectivity index (χ0v) is 25.5. The molecule has 6 nitrogen and oxygen atoms in total. The van der Waals surface area contributed by atoms with E-state index in [2.05, 4.69) is 28.1 Å². The second-order valence-corrected chi connectivity index (χ2v) is 11.5. The molecular formula is C34H31BrClN3O3. The number of aromatic nitrogens is 2. The molecule has 3 N–H and O–H groups in total. The Morgan fingerprint density at radius 1 is 0.976 bits per heavy atom. The summed E-state index contributed by atoms with van der Waals surface area (Å²) < 4.78 is 9.21. The fourth-order valence-corrected chi connectivity index (χ4v) is 5.62. The molecule has 1 heterocycles. The van der Waals surface area contributed by atoms with E-state index in [1.807, 2.05) is 90.5 Å². The highest BCUT2D eigenvalue weighted by Gasteiger charge is 2.25. The van der Waals surface area contributed by atoms with Gasteiger partial charge in [0.1, 0.15) is 18.1 Å². The average Bonchev–Trinajstić information content (AvgIpc) is 3.35. The number of hydrogen-bond donors (Lipinski definition) is 2. The molecule has 5 aromatic rings. The van der Waals surface area contributed by atoms with Gasteiger partial charge in [-0.05, 0) is 91.5 Å². The van der Waals surface area contributed by atoms with Gasteiger partial charge in [-0.25, -0.2) is 4.68 Å². The predicted molar refractivity (Wildman–Crippen MR) is 171 cm³/mol. The van der Waals surface area contributed by atoms with Crippen LogP contribution >= 0.6 is 27.5 Å². The van der Waals surface area contributed by atoms with Gasteiger partial charge in [0.2, 0.25) is 0 Å². The number of benzene rings is 4. The summed E-state index contributed by atoms with van der Waals surface area (Å²) in [4.78, 5) is 11.9. The second kappa shape index (κ2) is 13.4. The lowest BCUT2D eigenvalue weighted by atomic mass is 9.96. The number of nitrogens with two attached hydrogens (primary N) is 1. The average molecular weight is 645 g/mol. The van der Waals surface area contributed by atoms with Crippen molar-refractivity contribution in [3.63, 3.8) is 0 Å². The molecule has 0 radical (unpaired) electrons. The van der Waals surface area contributed by atoms with Gasteiger partial charge in [0.05, 0.1) is 11.4 Å². The third-order valence-electron chi connectivity index (χ3n) is 6.93. The third kappa shape index (κ3) is 6.93. The van der Waals surface area contributed by atoms with Crippen molar-refractivity contribution in [2.24, 2.45) is 5.73 Å². The number of halogens is 2. The molecule has 0 aliphatic heterocycles. The Morgan fingerprint density at radius 3 is 2.52 bits per heavy atom. The number of aliphatic carboxylic acids is 1. The molecule has 42 heavy (non-hydrogen) atoms. The molecule has 0 atom stereocenters. The van der Waals surface area contributed by atoms with Gasteiger partial charge < -0.3 is 15.6 Å². The molecule has 214 valence electrons. The van der Waals surface area contributed by atoms with Gasteiger partial charge in [0.15, 0.2) is 0 Å². The van der Waals surface area contributed by atoms with E-state index < -0.39 is 5.97 Å². The zero-order chi connectivity index (χ0) is 29.6. The molecule has 0 fully saturated rings. The lowest BCUT2D eigenvalue weighted by molar-refractivity contribution is -0.136. The Balaban J connectivity index is 1.74. The number of ether oxygens (including phenoxy) is 1. The lowest BCUT2D eigenvalue weighted by Crippen LogP contribution is -2.04. The van der Waals surface area contributed by atoms with E-state index in [0.29, 0.717) is 36.0 Å². The van der Waals surface area contributed by atoms with E-state index in [-0.39, 0.29) is 12.8 Å². The molecule has 5 rings (SSSR count). The van der Waals surface area contributed by atoms with E-state index in [0.717, 1.165) is 49.2 Å². The van der Waals surface area contributed by atoms with E-state index in [1.165, 1.54) is 0 Å². The van der Waals surface area contributed by atoms with Crippen LogP contribution in [0.4, 0.5) is 0 Å². The van der Waals surface area contributed by atoms with Gasteiger partial charge in [-0.3, -0.25) is 4.79 Å². The van der Waals surface area contributed by atoms with E-state index in [1.54, 1.807) is 0 Å². The van der Waals surface area contributed by atoms with Crippen molar-refractivity contribution >= 4 is 33.5 Å². The van der Waals surface area contributed by atoms with Gasteiger partial charge in [-0.1, -0.05) is 70.0 Å². The number of aryl methyl sites for hydroxylation is 1. The van der Waals surface area contributed by atoms with Crippen molar-refractivity contribution in [3.05, 3.63) is 123 Å². The summed E-state index contributed by atoms with van der Waals surface area (Å²) in [7, 11) is 0. The first-order valence-corrected chi connectivity index (χ1v) is 14.9. The summed E-state index contributed by atoms with van der Waals surface area (Å²) in [6, 6.07) is 29.6. The third-order valence-corrected chi connectivity index (χ3v) is 7.66. The molecule has 4 aromatic carbocycles. The van der Waals surface area contributed by atoms with Crippen molar-refractivity contribution < 1.29 is 14.6 Å². The first-order valence-electron chi connectivity index (χ1n) is 13.7. The fourth-order valence-electron chi connectivity index (χ4n) is 5.01. The highest BCUT2D eigenvalue weighted by molar-refractivity contribution is 9.10. The Labute approximate surface area is 258 Å². The summed E-state index contributed by atoms with van der Waals surface area (Å²) in [5.41, 5.74) is 13.9. The number of carboxylic acid groups (broad SMARTS) is 1. The standard InChI is InChI=1S/C34H31BrClN3O3/c1-22-5-2-10-28(17-22)39-34(25-7-4-8-26(35)20-25)29(12-14-32(40)41)33(38-39)30-19-23(15-16-37)11-13-31(30)42-21-24-6-3-9-27(36)18-24/h2-11,13,17-20H,12,14-16,21,37H2,1H3,(H,40,41). The van der Waals surface area contributed by atoms with E-state index >= 15 is 0 Å². The van der Waals surface area contributed by atoms with Crippen LogP contribution < -0.4 is 10.5 Å². The van der Waals surface area contributed by atoms with Crippen LogP contribution in [0.3, 0.4) is 0 Å². The molecule has 1 aromatic heterocycles. The van der Waals surface area contributed by atoms with Gasteiger partial charge in [0.25, 0.3) is 0 Å². The van der Waals surface area contributed by atoms with Gasteiger partial charge in [-0.15, -0.1) is 0 Å². The van der Waals surface area contributed by atoms with Gasteiger partial charge in [0, 0.05) is 32.6 Å². The number of carboxylic acids is 1. The Kier molecular flexibility index (Phi) is 9.42. The SMILES string of the molecule is Cc1cccc(-n2nc(-c3cc(CCN)ccc3OCc3cccc(Cl)c3)c(CCC(=O)O)c2-c2cccc(Br)c2)c1. The maximum atomic E-state index is 11.9. The fraction of sp³-hybridized carbons (Fsp3) is 0.176. The number of nitrogens with zero attached hydrogens (tertiary/aromatic N) is 2. The van der Waals surface area contributed by atoms with Crippen molar-refractivity contribution in [2.45, 2.75) is 32.8 Å². The van der Waals surface area contributed by atoms with Crippen molar-refractivity contribution in [2.75, 3.05) is 6.54 Å². The minimum absolute atomic E-state index is 0.0469. The molecule has 0 aliphatic rings. The van der Waals surface area contributed by atoms with Crippen LogP contribution in [0.1, 0.15) is 28.7 Å². The minimum atomic E-state index is -0.876. The smallest absolute Gasteiger partial charge is 0.303 e. The van der Waals surface area contributed by atoms with Crippen molar-refractivity contribution in [3.8, 4) is 34.0 Å². The highest BCUT2D eigenvalue weighted by Crippen LogP contribution is 2.40. The predicted octanol–water partition coefficient (Wildman–Crippen LogP) is 8.03. The van der Waals surface area contributed by atoms with Crippen molar-refractivity contribution in [1.29, 1.82) is 0 Å². The van der Waals surface area contributed by atoms with Crippen LogP contribution in [0.25, 0.3) is 28.2 Å². The second-order valence-electron chi connectivity index (χ2n) is 10.1. The van der Waals surface area contributed by atoms with E-state index in [4.69, 9.17) is 27.2 Å². The monoisotopic (exact) mass is 643 g/mol. The molecule has 0 saturated heterocycles. The summed E-state index contributed by atoms with van der Waals surface area (Å²) in [5.74, 6) is -0.235. The molecule has 8 heteroatoms. The van der Waals surface area contributed by atoms with Crippen LogP contribution in [0.2, 0.25) is 5.02 Å². The van der Waals surface area contributed by atoms with Crippen LogP contribution in [-0.2, 0) is 24.2 Å². The maximum absolute atomic E-state index is 11.9. The first kappa shape index (κ1) is 29.6. The number of carbonyl (C=O) groups is 1. The number of rotatable bonds is 11. The summed E-state index contributed by atoms with van der Waals surface area (Å²) >= 11 is 9.83. The molecule has 0 spiro atoms. The Hall–Kier alpha value is -3.91. The molecule has 0 amide bonds. The van der Waals surface area contributed by atoms with Crippen LogP contribution in [0.5, 0.6) is 5.75 Å². The summed E-state index contributed by atoms with van der Waals surface area (Å²) in [6.07, 6.45) is 0.922. The topological polar surface area (TPSA) is 90.4 Å². The maximum Gasteiger partial charge on any atom is 0.303 e. The Bertz CT molecular complexity index is 1730. The minimum Gasteiger partial charge on any atom is -0.488 e. The first-order chi connectivity index (χ1) is 20.3. The molecule has 0 saturated carbocycles. The zero-order valence-electron chi connectivity index (χ0n) is 23.2. The lowest BCUT2D eigenvalue weighted by Gasteiger charge is -2.14. The largest absolute Gasteiger partial charge is 0.488 e. The Morgan fingerprint density at radius 2 is 1.79 bits per heavy atom. The molecule has 0 bridgehead atoms. The molecular weight excluding hydrogens is 614 g/mol. The van der Waals surface area contributed by atoms with Crippen LogP contribution in [0.15, 0.2) is 95.5 Å². The quantitative estimate of drug-likeness (QED) is 0.152. The van der Waals surface area contributed by atoms with Crippen LogP contribution in [-0.4, -0.2) is 27.4 Å². The van der Waals surface area contributed by atoms with Gasteiger partial charge >= 0.3 is 5.97 Å². The highest BCUT2D eigenvalue weighted by atomic mass is 79.9. The molecule has 0 aliphatic carbocycles. The summed E-state index contributed by atoms with van der Waals surface area (Å²) in [6.45, 7) is 2.84. The van der Waals surface area contributed by atoms with Crippen molar-refractivity contribution in [1.82, 2.24) is 9.78 Å². The van der Waals surface area contributed by atoms with Gasteiger partial charge in [-0.2, -0.15) is 5.10 Å².